The van der Waals surface area contributed by atoms with Gasteiger partial charge in [-0.2, -0.15) is 0 Å². The number of carbonyl (C=O) groups excluding carboxylic acids is 1. The van der Waals surface area contributed by atoms with Crippen molar-refractivity contribution in [2.75, 3.05) is 6.50 Å². The molecule has 0 bridgehead atoms. The molecule has 0 fully saturated rings. The lowest BCUT2D eigenvalue weighted by Crippen LogP contribution is -2.33. The number of carbonyl (C=O) groups is 2. The van der Waals surface area contributed by atoms with Crippen molar-refractivity contribution in [1.29, 1.82) is 0 Å². The van der Waals surface area contributed by atoms with E-state index in [9.17, 15) is 9.59 Å². The lowest BCUT2D eigenvalue weighted by Gasteiger charge is -2.05. The van der Waals surface area contributed by atoms with E-state index in [1.165, 1.54) is 5.32 Å². The molecule has 1 unspecified atom stereocenters. The first kappa shape index (κ1) is 3.61. The highest BCUT2D eigenvalue weighted by atomic mass is 16.4. The van der Waals surface area contributed by atoms with Gasteiger partial charge in [-0.25, -0.2) is 4.79 Å². The number of hydrogen-bond donors (Lipinski definition) is 4. The lowest BCUT2D eigenvalue weighted by molar-refractivity contribution is -0.138. The zero-order valence-corrected chi connectivity index (χ0v) is 5.92. The second-order valence-corrected chi connectivity index (χ2v) is 1.58. The summed E-state index contributed by atoms with van der Waals surface area (Å²) in [7, 11) is 0. The Morgan fingerprint density at radius 2 is 2.33 bits per heavy atom. The molecule has 0 aromatic carbocycles. The van der Waals surface area contributed by atoms with E-state index in [1.54, 1.807) is 0 Å². The number of rotatable bonds is 5. The zero-order valence-electron chi connectivity index (χ0n) is 12.9. The molecule has 0 aromatic heterocycles. The maximum absolute atomic E-state index is 10.7. The normalized spacial score (nSPS) is 26.9. The average Bonchev–Trinajstić information content (AvgIpc) is 2.14. The topological polar surface area (TPSA) is 118 Å². The first-order valence-electron chi connectivity index (χ1n) is 6.21. The number of amides is 2. The molecule has 2 amide bonds. The van der Waals surface area contributed by atoms with Gasteiger partial charge in [0, 0.05) is 14.7 Å². The summed E-state index contributed by atoms with van der Waals surface area (Å²) in [6, 6.07) is -4.98. The molecule has 0 saturated heterocycles. The fraction of sp³-hybridized carbons (Fsp3) is 0.667. The van der Waals surface area contributed by atoms with Crippen molar-refractivity contribution >= 4 is 12.0 Å². The molecule has 0 heterocycles. The highest BCUT2D eigenvalue weighted by Crippen LogP contribution is 1.92. The molecule has 70 valence electrons. The van der Waals surface area contributed by atoms with Gasteiger partial charge in [-0.3, -0.25) is 4.79 Å². The van der Waals surface area contributed by atoms with Crippen LogP contribution in [-0.4, -0.2) is 29.6 Å². The lowest BCUT2D eigenvalue weighted by atomic mass is 10.2. The Labute approximate surface area is 79.7 Å². The van der Waals surface area contributed by atoms with Gasteiger partial charge in [0.25, 0.3) is 0 Å². The maximum Gasteiger partial charge on any atom is 0.320 e. The molecule has 0 aliphatic rings. The summed E-state index contributed by atoms with van der Waals surface area (Å²) in [4.78, 5) is 21.3. The third-order valence-corrected chi connectivity index (χ3v) is 0.676. The van der Waals surface area contributed by atoms with Crippen molar-refractivity contribution in [3.8, 4) is 0 Å². The van der Waals surface area contributed by atoms with E-state index in [4.69, 9.17) is 20.4 Å². The van der Waals surface area contributed by atoms with Crippen LogP contribution in [0.3, 0.4) is 0 Å². The molecule has 0 aliphatic carbocycles. The highest BCUT2D eigenvalue weighted by Gasteiger charge is 2.09. The molecular weight excluding hydrogens is 162 g/mol. The summed E-state index contributed by atoms with van der Waals surface area (Å²) in [5, 5.41) is 9.94. The minimum atomic E-state index is -3.68. The van der Waals surface area contributed by atoms with Crippen molar-refractivity contribution in [3.05, 3.63) is 0 Å². The van der Waals surface area contributed by atoms with Gasteiger partial charge in [-0.15, -0.1) is 0 Å². The summed E-state index contributed by atoms with van der Waals surface area (Å²) < 4.78 is 51.0. The van der Waals surface area contributed by atoms with Gasteiger partial charge in [0.2, 0.25) is 0 Å². The van der Waals surface area contributed by atoms with Crippen LogP contribution in [0.25, 0.3) is 0 Å². The SMILES string of the molecule is [2H]C([2H])(NC(N)=O)C([2H])([2H])C([2H])([2H])C([2H])(N)C(=O)O. The molecule has 0 rings (SSSR count). The van der Waals surface area contributed by atoms with Gasteiger partial charge in [0.1, 0.15) is 6.02 Å². The molecule has 0 saturated carbocycles. The number of carboxylic acids is 1. The molecule has 6 N–H and O–H groups in total. The molecule has 0 aromatic rings. The van der Waals surface area contributed by atoms with Crippen molar-refractivity contribution in [2.45, 2.75) is 18.8 Å². The van der Waals surface area contributed by atoms with Crippen LogP contribution in [0.15, 0.2) is 0 Å². The molecule has 0 aliphatic heterocycles. The van der Waals surface area contributed by atoms with E-state index in [0.717, 1.165) is 0 Å². The van der Waals surface area contributed by atoms with E-state index in [-0.39, 0.29) is 0 Å². The summed E-state index contributed by atoms with van der Waals surface area (Å²) in [6.45, 7) is -3.39. The van der Waals surface area contributed by atoms with Gasteiger partial charge in [-0.1, -0.05) is 0 Å². The molecular formula is C6H13N3O3. The van der Waals surface area contributed by atoms with E-state index in [2.05, 4.69) is 5.73 Å². The van der Waals surface area contributed by atoms with Crippen LogP contribution in [0.4, 0.5) is 4.79 Å². The fourth-order valence-electron chi connectivity index (χ4n) is 0.245. The Bertz CT molecular complexity index is 398. The van der Waals surface area contributed by atoms with Crippen molar-refractivity contribution < 1.29 is 24.3 Å². The summed E-state index contributed by atoms with van der Waals surface area (Å²) in [5.74, 6) is -2.20. The Hall–Kier alpha value is -1.30. The molecule has 0 radical (unpaired) electrons. The van der Waals surface area contributed by atoms with E-state index < -0.39 is 37.3 Å². The minimum Gasteiger partial charge on any atom is -0.480 e. The van der Waals surface area contributed by atoms with Crippen LogP contribution in [0.1, 0.15) is 22.3 Å². The van der Waals surface area contributed by atoms with Gasteiger partial charge >= 0.3 is 12.0 Å². The summed E-state index contributed by atoms with van der Waals surface area (Å²) >= 11 is 0. The quantitative estimate of drug-likeness (QED) is 0.429. The predicted molar refractivity (Wildman–Crippen MR) is 42.4 cm³/mol. The molecule has 6 nitrogen and oxygen atoms in total. The Balaban J connectivity index is 5.75. The van der Waals surface area contributed by atoms with Gasteiger partial charge in [0.05, 0.1) is 1.37 Å². The largest absolute Gasteiger partial charge is 0.480 e. The first-order chi connectivity index (χ1) is 8.11. The number of aliphatic carboxylic acids is 1. The van der Waals surface area contributed by atoms with E-state index in [0.29, 0.717) is 0 Å². The van der Waals surface area contributed by atoms with Crippen molar-refractivity contribution in [3.63, 3.8) is 0 Å². The number of urea groups is 1. The van der Waals surface area contributed by atoms with Crippen molar-refractivity contribution in [1.82, 2.24) is 5.32 Å². The predicted octanol–water partition coefficient (Wildman–Crippen LogP) is -1.15. The molecule has 6 heteroatoms. The monoisotopic (exact) mass is 182 g/mol. The van der Waals surface area contributed by atoms with Crippen LogP contribution in [0, 0.1) is 0 Å². The van der Waals surface area contributed by atoms with E-state index >= 15 is 0 Å². The highest BCUT2D eigenvalue weighted by molar-refractivity contribution is 5.73. The zero-order chi connectivity index (χ0) is 15.9. The van der Waals surface area contributed by atoms with Crippen LogP contribution >= 0.6 is 0 Å². The van der Waals surface area contributed by atoms with Crippen LogP contribution < -0.4 is 16.8 Å². The number of hydrogen-bond acceptors (Lipinski definition) is 3. The van der Waals surface area contributed by atoms with Crippen LogP contribution in [0.2, 0.25) is 0 Å². The maximum atomic E-state index is 10.7. The molecule has 0 spiro atoms. The fourth-order valence-corrected chi connectivity index (χ4v) is 0.245. The number of nitrogens with one attached hydrogen (secondary N) is 1. The third kappa shape index (κ3) is 5.48. The Kier molecular flexibility index (Phi) is 1.61. The standard InChI is InChI=1S/C6H13N3O3/c7-4(5(10)11)2-1-3-9-6(8)12/h4H,1-3,7H2,(H,10,11)(H3,8,9,12)/i1D2,2D2,3D2,4D. The second kappa shape index (κ2) is 5.36. The van der Waals surface area contributed by atoms with Gasteiger partial charge < -0.3 is 21.9 Å². The van der Waals surface area contributed by atoms with Crippen LogP contribution in [0.5, 0.6) is 0 Å². The second-order valence-electron chi connectivity index (χ2n) is 1.58. The number of carboxylic acid groups (broad SMARTS) is 1. The van der Waals surface area contributed by atoms with Crippen molar-refractivity contribution in [2.24, 2.45) is 11.5 Å². The summed E-state index contributed by atoms with van der Waals surface area (Å²) in [5.41, 5.74) is 9.51. The molecule has 12 heavy (non-hydrogen) atoms. The first-order valence-corrected chi connectivity index (χ1v) is 2.71. The average molecular weight is 182 g/mol. The number of nitrogens with two attached hydrogens (primary N) is 2. The Morgan fingerprint density at radius 3 is 2.75 bits per heavy atom. The molecule has 1 atom stereocenters. The van der Waals surface area contributed by atoms with Gasteiger partial charge in [-0.05, 0) is 12.7 Å². The smallest absolute Gasteiger partial charge is 0.320 e. The van der Waals surface area contributed by atoms with Crippen LogP contribution in [-0.2, 0) is 4.79 Å². The summed E-state index contributed by atoms with van der Waals surface area (Å²) in [6.07, 6.45) is -7.33. The number of primary amides is 1. The third-order valence-electron chi connectivity index (χ3n) is 0.676. The van der Waals surface area contributed by atoms with Gasteiger partial charge in [0.15, 0.2) is 0 Å². The van der Waals surface area contributed by atoms with E-state index in [1.807, 2.05) is 0 Å². The Morgan fingerprint density at radius 1 is 1.75 bits per heavy atom. The minimum absolute atomic E-state index is 1.30.